The first kappa shape index (κ1) is 35.9. The van der Waals surface area contributed by atoms with Crippen molar-refractivity contribution in [3.63, 3.8) is 0 Å². The Labute approximate surface area is 272 Å². The smallest absolute Gasteiger partial charge is 0.310 e. The van der Waals surface area contributed by atoms with Gasteiger partial charge in [0.15, 0.2) is 0 Å². The second-order valence-electron chi connectivity index (χ2n) is 11.2. The maximum Gasteiger partial charge on any atom is 0.310 e. The average Bonchev–Trinajstić information content (AvgIpc) is 3.07. The van der Waals surface area contributed by atoms with Crippen molar-refractivity contribution in [2.24, 2.45) is 11.8 Å². The van der Waals surface area contributed by atoms with Crippen molar-refractivity contribution in [3.8, 4) is 0 Å². The van der Waals surface area contributed by atoms with Gasteiger partial charge in [-0.25, -0.2) is 0 Å². The number of esters is 1. The lowest BCUT2D eigenvalue weighted by atomic mass is 9.95. The lowest BCUT2D eigenvalue weighted by Crippen LogP contribution is -2.47. The quantitative estimate of drug-likeness (QED) is 0.128. The zero-order valence-electron chi connectivity index (χ0n) is 26.6. The second-order valence-corrected chi connectivity index (χ2v) is 11.2. The number of carbonyl (C=O) groups is 3. The van der Waals surface area contributed by atoms with Crippen LogP contribution in [0.3, 0.4) is 0 Å². The molecule has 0 saturated heterocycles. The number of methoxy groups -OCH3 is 1. The zero-order chi connectivity index (χ0) is 33.1. The van der Waals surface area contributed by atoms with E-state index in [4.69, 9.17) is 9.47 Å². The Balaban J connectivity index is 1.82. The predicted molar refractivity (Wildman–Crippen MR) is 179 cm³/mol. The lowest BCUT2D eigenvalue weighted by Gasteiger charge is -2.31. The van der Waals surface area contributed by atoms with E-state index in [1.54, 1.807) is 17.1 Å². The summed E-state index contributed by atoms with van der Waals surface area (Å²) in [5.74, 6) is -2.27. The van der Waals surface area contributed by atoms with E-state index in [0.29, 0.717) is 24.9 Å². The first-order valence-corrected chi connectivity index (χ1v) is 15.6. The Morgan fingerprint density at radius 1 is 0.848 bits per heavy atom. The van der Waals surface area contributed by atoms with Gasteiger partial charge in [0.1, 0.15) is 6.10 Å². The summed E-state index contributed by atoms with van der Waals surface area (Å²) >= 11 is 0. The Morgan fingerprint density at radius 2 is 1.41 bits per heavy atom. The number of nitrogens with zero attached hydrogens (tertiary/aromatic N) is 1. The number of nitrogens with one attached hydrogen (secondary N) is 1. The molecular formula is C38H46N2O6. The first-order valence-electron chi connectivity index (χ1n) is 15.6. The van der Waals surface area contributed by atoms with Gasteiger partial charge >= 0.3 is 5.97 Å². The Hall–Kier alpha value is -4.53. The molecule has 0 heterocycles. The Kier molecular flexibility index (Phi) is 15.4. The monoisotopic (exact) mass is 626 g/mol. The maximum atomic E-state index is 13.8. The highest BCUT2D eigenvalue weighted by Crippen LogP contribution is 2.26. The third-order valence-corrected chi connectivity index (χ3v) is 7.70. The van der Waals surface area contributed by atoms with Crippen molar-refractivity contribution in [1.82, 2.24) is 10.2 Å². The van der Waals surface area contributed by atoms with Crippen molar-refractivity contribution in [2.75, 3.05) is 26.9 Å². The van der Waals surface area contributed by atoms with Crippen molar-refractivity contribution in [3.05, 3.63) is 133 Å². The molecule has 0 aliphatic carbocycles. The van der Waals surface area contributed by atoms with Crippen molar-refractivity contribution in [2.45, 2.75) is 44.4 Å². The number of ether oxygens (including phenoxy) is 2. The van der Waals surface area contributed by atoms with E-state index >= 15 is 0 Å². The standard InChI is InChI=1S/C38H46N2O6/c1-4-15-32(26-35(42)40(23-24-41)27-30-19-11-7-12-20-30)37(43)39-34(28-45-3)36(31-21-13-8-14-22-31)46-38(44)33(16-5-2)25-29-17-9-6-10-18-29/h4-14,17-22,32-34,36,41H,1-2,15-16,23-28H2,3H3,(H,39,43)/t32-,33+,34-,36-/m0/s1. The number of hydrogen-bond acceptors (Lipinski definition) is 6. The average molecular weight is 627 g/mol. The fourth-order valence-electron chi connectivity index (χ4n) is 5.33. The van der Waals surface area contributed by atoms with Crippen LogP contribution < -0.4 is 5.32 Å². The van der Waals surface area contributed by atoms with Crippen LogP contribution in [-0.4, -0.2) is 60.7 Å². The highest BCUT2D eigenvalue weighted by Gasteiger charge is 2.33. The Bertz CT molecular complexity index is 1370. The number of amides is 2. The van der Waals surface area contributed by atoms with Gasteiger partial charge in [0.05, 0.1) is 31.1 Å². The van der Waals surface area contributed by atoms with Crippen molar-refractivity contribution >= 4 is 17.8 Å². The van der Waals surface area contributed by atoms with Gasteiger partial charge in [-0.15, -0.1) is 13.2 Å². The number of allylic oxidation sites excluding steroid dienone is 2. The fraction of sp³-hybridized carbons (Fsp3) is 0.342. The number of carbonyl (C=O) groups excluding carboxylic acids is 3. The molecule has 0 saturated carbocycles. The molecular weight excluding hydrogens is 580 g/mol. The molecule has 0 fully saturated rings. The molecule has 3 aromatic rings. The van der Waals surface area contributed by atoms with E-state index < -0.39 is 30.0 Å². The van der Waals surface area contributed by atoms with Crippen molar-refractivity contribution < 1.29 is 29.0 Å². The van der Waals surface area contributed by atoms with Gasteiger partial charge in [-0.2, -0.15) is 0 Å². The summed E-state index contributed by atoms with van der Waals surface area (Å²) < 4.78 is 11.7. The molecule has 2 amide bonds. The van der Waals surface area contributed by atoms with E-state index in [1.807, 2.05) is 91.0 Å². The van der Waals surface area contributed by atoms with Crippen LogP contribution in [0.15, 0.2) is 116 Å². The third kappa shape index (κ3) is 11.4. The van der Waals surface area contributed by atoms with Gasteiger partial charge < -0.3 is 24.8 Å². The van der Waals surface area contributed by atoms with Gasteiger partial charge in [-0.05, 0) is 36.0 Å². The zero-order valence-corrected chi connectivity index (χ0v) is 26.6. The minimum absolute atomic E-state index is 0.0583. The molecule has 0 unspecified atom stereocenters. The first-order chi connectivity index (χ1) is 22.4. The van der Waals surface area contributed by atoms with Gasteiger partial charge in [0, 0.05) is 26.6 Å². The number of aliphatic hydroxyl groups is 1. The minimum Gasteiger partial charge on any atom is -0.455 e. The number of hydrogen-bond donors (Lipinski definition) is 2. The van der Waals surface area contributed by atoms with Gasteiger partial charge in [0.2, 0.25) is 11.8 Å². The molecule has 0 radical (unpaired) electrons. The minimum atomic E-state index is -0.857. The van der Waals surface area contributed by atoms with Crippen LogP contribution in [0.2, 0.25) is 0 Å². The van der Waals surface area contributed by atoms with Crippen LogP contribution in [0, 0.1) is 11.8 Å². The topological polar surface area (TPSA) is 105 Å². The van der Waals surface area contributed by atoms with E-state index in [0.717, 1.165) is 11.1 Å². The highest BCUT2D eigenvalue weighted by molar-refractivity contribution is 5.86. The summed E-state index contributed by atoms with van der Waals surface area (Å²) in [6.45, 7) is 7.95. The largest absolute Gasteiger partial charge is 0.455 e. The van der Waals surface area contributed by atoms with Crippen molar-refractivity contribution in [1.29, 1.82) is 0 Å². The van der Waals surface area contributed by atoms with E-state index in [9.17, 15) is 19.5 Å². The van der Waals surface area contributed by atoms with Crippen LogP contribution in [0.4, 0.5) is 0 Å². The SMILES string of the molecule is C=CC[C@@H](CC(=O)N(CCO)Cc1ccccc1)C(=O)N[C@@H](COC)[C@@H](OC(=O)[C@H](CC=C)Cc1ccccc1)c1ccccc1. The van der Waals surface area contributed by atoms with Crippen LogP contribution >= 0.6 is 0 Å². The van der Waals surface area contributed by atoms with Gasteiger partial charge in [-0.3, -0.25) is 14.4 Å². The van der Waals surface area contributed by atoms with E-state index in [2.05, 4.69) is 18.5 Å². The Morgan fingerprint density at radius 3 is 1.98 bits per heavy atom. The molecule has 0 aliphatic heterocycles. The maximum absolute atomic E-state index is 13.8. The molecule has 244 valence electrons. The molecule has 8 heteroatoms. The molecule has 2 N–H and O–H groups in total. The van der Waals surface area contributed by atoms with Crippen LogP contribution in [-0.2, 0) is 36.8 Å². The second kappa shape index (κ2) is 19.8. The molecule has 0 aromatic heterocycles. The number of benzene rings is 3. The summed E-state index contributed by atoms with van der Waals surface area (Å²) in [4.78, 5) is 42.5. The molecule has 0 bridgehead atoms. The summed E-state index contributed by atoms with van der Waals surface area (Å²) in [5.41, 5.74) is 2.62. The number of aliphatic hydroxyl groups excluding tert-OH is 1. The van der Waals surface area contributed by atoms with E-state index in [-0.39, 0.29) is 44.4 Å². The lowest BCUT2D eigenvalue weighted by molar-refractivity contribution is -0.158. The number of rotatable bonds is 20. The molecule has 4 atom stereocenters. The summed E-state index contributed by atoms with van der Waals surface area (Å²) in [6, 6.07) is 27.7. The van der Waals surface area contributed by atoms with Crippen LogP contribution in [0.1, 0.15) is 42.1 Å². The molecule has 3 rings (SSSR count). The summed E-state index contributed by atoms with van der Waals surface area (Å²) in [7, 11) is 1.51. The van der Waals surface area contributed by atoms with Crippen LogP contribution in [0.25, 0.3) is 0 Å². The summed E-state index contributed by atoms with van der Waals surface area (Å²) in [5, 5.41) is 12.7. The fourth-order valence-corrected chi connectivity index (χ4v) is 5.33. The molecule has 0 spiro atoms. The van der Waals surface area contributed by atoms with Gasteiger partial charge in [-0.1, -0.05) is 103 Å². The molecule has 3 aromatic carbocycles. The third-order valence-electron chi connectivity index (χ3n) is 7.70. The van der Waals surface area contributed by atoms with E-state index in [1.165, 1.54) is 7.11 Å². The van der Waals surface area contributed by atoms with Gasteiger partial charge in [0.25, 0.3) is 0 Å². The highest BCUT2D eigenvalue weighted by atomic mass is 16.5. The normalized spacial score (nSPS) is 13.4. The molecule has 8 nitrogen and oxygen atoms in total. The van der Waals surface area contributed by atoms with Crippen LogP contribution in [0.5, 0.6) is 0 Å². The summed E-state index contributed by atoms with van der Waals surface area (Å²) in [6.07, 6.45) is 3.52. The molecule has 0 aliphatic rings. The predicted octanol–water partition coefficient (Wildman–Crippen LogP) is 5.44. The molecule has 46 heavy (non-hydrogen) atoms.